The van der Waals surface area contributed by atoms with Crippen LogP contribution in [0.4, 0.5) is 11.4 Å². The second-order valence-electron chi connectivity index (χ2n) is 6.31. The molecule has 0 saturated carbocycles. The van der Waals surface area contributed by atoms with Gasteiger partial charge in [0.05, 0.1) is 23.9 Å². The van der Waals surface area contributed by atoms with Gasteiger partial charge in [-0.05, 0) is 48.9 Å². The number of amides is 1. The van der Waals surface area contributed by atoms with E-state index in [0.29, 0.717) is 15.7 Å². The van der Waals surface area contributed by atoms with Gasteiger partial charge in [-0.25, -0.2) is 0 Å². The second kappa shape index (κ2) is 11.7. The average molecular weight is 409 g/mol. The highest BCUT2D eigenvalue weighted by Gasteiger charge is 2.06. The number of hydrogen-bond donors (Lipinski definition) is 2. The van der Waals surface area contributed by atoms with Gasteiger partial charge >= 0.3 is 0 Å². The highest BCUT2D eigenvalue weighted by Crippen LogP contribution is 2.25. The van der Waals surface area contributed by atoms with E-state index in [2.05, 4.69) is 17.6 Å². The molecule has 1 amide bonds. The third kappa shape index (κ3) is 8.10. The molecule has 2 aromatic carbocycles. The van der Waals surface area contributed by atoms with Crippen LogP contribution in [0.3, 0.4) is 0 Å². The maximum absolute atomic E-state index is 12.0. The molecule has 2 aromatic rings. The van der Waals surface area contributed by atoms with Crippen molar-refractivity contribution in [3.05, 3.63) is 52.5 Å². The summed E-state index contributed by atoms with van der Waals surface area (Å²) in [5, 5.41) is 6.76. The van der Waals surface area contributed by atoms with E-state index < -0.39 is 0 Å². The summed E-state index contributed by atoms with van der Waals surface area (Å²) in [5.74, 6) is 0.653. The van der Waals surface area contributed by atoms with Crippen LogP contribution in [-0.2, 0) is 4.79 Å². The molecule has 0 spiro atoms. The first kappa shape index (κ1) is 21.4. The van der Waals surface area contributed by atoms with E-state index in [9.17, 15) is 4.79 Å². The summed E-state index contributed by atoms with van der Waals surface area (Å²) < 4.78 is 5.74. The minimum atomic E-state index is -0.188. The number of halogens is 2. The van der Waals surface area contributed by atoms with E-state index in [1.807, 2.05) is 24.3 Å². The molecular weight excluding hydrogens is 383 g/mol. The summed E-state index contributed by atoms with van der Waals surface area (Å²) in [6.07, 6.45) is 6.10. The number of hydrogen-bond acceptors (Lipinski definition) is 3. The molecule has 6 heteroatoms. The first-order chi connectivity index (χ1) is 13.1. The van der Waals surface area contributed by atoms with Crippen molar-refractivity contribution < 1.29 is 9.53 Å². The lowest BCUT2D eigenvalue weighted by Crippen LogP contribution is -2.21. The Kier molecular flexibility index (Phi) is 9.29. The second-order valence-corrected chi connectivity index (χ2v) is 7.16. The van der Waals surface area contributed by atoms with E-state index in [4.69, 9.17) is 27.9 Å². The Morgan fingerprint density at radius 2 is 1.74 bits per heavy atom. The van der Waals surface area contributed by atoms with Crippen LogP contribution < -0.4 is 15.4 Å². The fraction of sp³-hybridized carbons (Fsp3) is 0.381. The van der Waals surface area contributed by atoms with Gasteiger partial charge < -0.3 is 15.4 Å². The SMILES string of the molecule is CCCCCCCOc1ccc(NCC(=O)Nc2ccc(Cl)cc2Cl)cc1. The first-order valence-electron chi connectivity index (χ1n) is 9.30. The Morgan fingerprint density at radius 1 is 1.00 bits per heavy atom. The highest BCUT2D eigenvalue weighted by molar-refractivity contribution is 6.36. The van der Waals surface area contributed by atoms with Gasteiger partial charge in [0, 0.05) is 10.7 Å². The van der Waals surface area contributed by atoms with Crippen molar-refractivity contribution in [1.29, 1.82) is 0 Å². The van der Waals surface area contributed by atoms with E-state index >= 15 is 0 Å². The molecule has 0 aliphatic heterocycles. The maximum Gasteiger partial charge on any atom is 0.243 e. The van der Waals surface area contributed by atoms with Gasteiger partial charge in [-0.15, -0.1) is 0 Å². The van der Waals surface area contributed by atoms with Crippen LogP contribution in [0.2, 0.25) is 10.0 Å². The van der Waals surface area contributed by atoms with Gasteiger partial charge in [-0.3, -0.25) is 4.79 Å². The Balaban J connectivity index is 1.70. The van der Waals surface area contributed by atoms with E-state index in [0.717, 1.165) is 24.5 Å². The smallest absolute Gasteiger partial charge is 0.243 e. The molecule has 0 aliphatic rings. The van der Waals surface area contributed by atoms with Crippen LogP contribution >= 0.6 is 23.2 Å². The van der Waals surface area contributed by atoms with Crippen LogP contribution in [-0.4, -0.2) is 19.1 Å². The molecule has 2 N–H and O–H groups in total. The van der Waals surface area contributed by atoms with Gasteiger partial charge in [0.2, 0.25) is 5.91 Å². The minimum absolute atomic E-state index is 0.136. The molecular formula is C21H26Cl2N2O2. The predicted octanol–water partition coefficient (Wildman–Crippen LogP) is 6.39. The lowest BCUT2D eigenvalue weighted by atomic mass is 10.2. The zero-order valence-corrected chi connectivity index (χ0v) is 17.1. The standard InChI is InChI=1S/C21H26Cl2N2O2/c1-2-3-4-5-6-13-27-18-10-8-17(9-11-18)24-15-21(26)25-20-12-7-16(22)14-19(20)23/h7-12,14,24H,2-6,13,15H2,1H3,(H,25,26). The molecule has 0 aromatic heterocycles. The summed E-state index contributed by atoms with van der Waals surface area (Å²) in [5.41, 5.74) is 1.39. The van der Waals surface area contributed by atoms with Gasteiger partial charge in [-0.2, -0.15) is 0 Å². The zero-order chi connectivity index (χ0) is 19.5. The molecule has 146 valence electrons. The van der Waals surface area contributed by atoms with Crippen LogP contribution in [0.5, 0.6) is 5.75 Å². The molecule has 0 atom stereocenters. The number of unbranched alkanes of at least 4 members (excludes halogenated alkanes) is 4. The highest BCUT2D eigenvalue weighted by atomic mass is 35.5. The van der Waals surface area contributed by atoms with Crippen LogP contribution in [0.15, 0.2) is 42.5 Å². The van der Waals surface area contributed by atoms with Crippen molar-refractivity contribution in [2.75, 3.05) is 23.8 Å². The summed E-state index contributed by atoms with van der Waals surface area (Å²) in [6, 6.07) is 12.6. The minimum Gasteiger partial charge on any atom is -0.494 e. The number of anilines is 2. The quantitative estimate of drug-likeness (QED) is 0.423. The fourth-order valence-corrected chi connectivity index (χ4v) is 2.99. The topological polar surface area (TPSA) is 50.4 Å². The van der Waals surface area contributed by atoms with Crippen LogP contribution in [0.1, 0.15) is 39.0 Å². The van der Waals surface area contributed by atoms with E-state index in [1.165, 1.54) is 25.7 Å². The van der Waals surface area contributed by atoms with Crippen LogP contribution in [0.25, 0.3) is 0 Å². The maximum atomic E-state index is 12.0. The number of rotatable bonds is 11. The van der Waals surface area contributed by atoms with Crippen molar-refractivity contribution in [2.24, 2.45) is 0 Å². The fourth-order valence-electron chi connectivity index (χ4n) is 2.53. The normalized spacial score (nSPS) is 10.5. The van der Waals surface area contributed by atoms with Crippen molar-refractivity contribution in [2.45, 2.75) is 39.0 Å². The summed E-state index contributed by atoms with van der Waals surface area (Å²) in [6.45, 7) is 3.08. The van der Waals surface area contributed by atoms with Gasteiger partial charge in [0.15, 0.2) is 0 Å². The Bertz CT molecular complexity index is 721. The van der Waals surface area contributed by atoms with Crippen molar-refractivity contribution in [3.63, 3.8) is 0 Å². The average Bonchev–Trinajstić information content (AvgIpc) is 2.66. The molecule has 0 heterocycles. The third-order valence-electron chi connectivity index (χ3n) is 4.03. The number of benzene rings is 2. The van der Waals surface area contributed by atoms with E-state index in [-0.39, 0.29) is 12.5 Å². The molecule has 0 radical (unpaired) electrons. The van der Waals surface area contributed by atoms with Gasteiger partial charge in [-0.1, -0.05) is 55.8 Å². The summed E-state index contributed by atoms with van der Waals surface area (Å²) >= 11 is 11.9. The molecule has 0 aliphatic carbocycles. The number of carbonyl (C=O) groups is 1. The molecule has 0 bridgehead atoms. The Morgan fingerprint density at radius 3 is 2.44 bits per heavy atom. The Labute approximate surface area is 171 Å². The molecule has 0 saturated heterocycles. The lowest BCUT2D eigenvalue weighted by Gasteiger charge is -2.10. The lowest BCUT2D eigenvalue weighted by molar-refractivity contribution is -0.114. The largest absolute Gasteiger partial charge is 0.494 e. The third-order valence-corrected chi connectivity index (χ3v) is 4.58. The molecule has 0 unspecified atom stereocenters. The van der Waals surface area contributed by atoms with Gasteiger partial charge in [0.25, 0.3) is 0 Å². The van der Waals surface area contributed by atoms with Gasteiger partial charge in [0.1, 0.15) is 5.75 Å². The monoisotopic (exact) mass is 408 g/mol. The zero-order valence-electron chi connectivity index (χ0n) is 15.6. The molecule has 4 nitrogen and oxygen atoms in total. The van der Waals surface area contributed by atoms with Crippen molar-refractivity contribution in [3.8, 4) is 5.75 Å². The predicted molar refractivity (Wildman–Crippen MR) is 114 cm³/mol. The van der Waals surface area contributed by atoms with Crippen LogP contribution in [0, 0.1) is 0 Å². The molecule has 0 fully saturated rings. The summed E-state index contributed by atoms with van der Waals surface area (Å²) in [7, 11) is 0. The van der Waals surface area contributed by atoms with Crippen molar-refractivity contribution in [1.82, 2.24) is 0 Å². The number of carbonyl (C=O) groups excluding carboxylic acids is 1. The van der Waals surface area contributed by atoms with E-state index in [1.54, 1.807) is 18.2 Å². The Hall–Kier alpha value is -1.91. The first-order valence-corrected chi connectivity index (χ1v) is 10.1. The summed E-state index contributed by atoms with van der Waals surface area (Å²) in [4.78, 5) is 12.0. The number of ether oxygens (including phenoxy) is 1. The molecule has 27 heavy (non-hydrogen) atoms. The number of nitrogens with one attached hydrogen (secondary N) is 2. The van der Waals surface area contributed by atoms with Crippen molar-refractivity contribution >= 4 is 40.5 Å². The molecule has 2 rings (SSSR count).